The normalized spacial score (nSPS) is 21.8. The Morgan fingerprint density at radius 1 is 1.14 bits per heavy atom. The van der Waals surface area contributed by atoms with Gasteiger partial charge in [-0.2, -0.15) is 0 Å². The minimum atomic E-state index is -3.50. The fourth-order valence-corrected chi connectivity index (χ4v) is 5.13. The highest BCUT2D eigenvalue weighted by atomic mass is 32.2. The van der Waals surface area contributed by atoms with Gasteiger partial charge in [0.2, 0.25) is 15.9 Å². The van der Waals surface area contributed by atoms with Crippen molar-refractivity contribution < 1.29 is 17.9 Å². The molecule has 7 nitrogen and oxygen atoms in total. The van der Waals surface area contributed by atoms with E-state index in [-0.39, 0.29) is 16.7 Å². The fraction of sp³-hybridized carbons (Fsp3) is 0.667. The highest BCUT2D eigenvalue weighted by Gasteiger charge is 2.30. The Hall–Kier alpha value is -1.48. The number of hydrogen-bond acceptors (Lipinski definition) is 5. The first-order valence-corrected chi connectivity index (χ1v) is 12.1. The number of amides is 1. The van der Waals surface area contributed by atoms with Gasteiger partial charge in [0.15, 0.2) is 0 Å². The first-order valence-electron chi connectivity index (χ1n) is 10.6. The van der Waals surface area contributed by atoms with Crippen LogP contribution in [0.4, 0.5) is 0 Å². The molecule has 1 amide bonds. The van der Waals surface area contributed by atoms with Crippen molar-refractivity contribution in [2.24, 2.45) is 5.92 Å². The number of likely N-dealkylation sites (tertiary alicyclic amines) is 1. The quantitative estimate of drug-likeness (QED) is 0.621. The van der Waals surface area contributed by atoms with Gasteiger partial charge in [-0.1, -0.05) is 17.7 Å². The van der Waals surface area contributed by atoms with E-state index in [1.54, 1.807) is 24.3 Å². The lowest BCUT2D eigenvalue weighted by Crippen LogP contribution is -2.48. The zero-order valence-corrected chi connectivity index (χ0v) is 18.0. The molecular weight excluding hydrogens is 390 g/mol. The standard InChI is InChI=1S/C21H33N3O4S/c1-17-5-7-20(8-6-17)29(26,27)23-12-3-11-22-21(25)18-4-2-13-24(16-18)19-9-14-28-15-10-19/h5-8,18-19,23H,2-4,9-16H2,1H3,(H,22,25)/t18-/m0/s1. The monoisotopic (exact) mass is 423 g/mol. The van der Waals surface area contributed by atoms with Crippen molar-refractivity contribution in [2.45, 2.75) is 50.0 Å². The third-order valence-corrected chi connectivity index (χ3v) is 7.28. The van der Waals surface area contributed by atoms with E-state index in [0.717, 1.165) is 57.6 Å². The summed E-state index contributed by atoms with van der Waals surface area (Å²) in [6.07, 6.45) is 4.63. The lowest BCUT2D eigenvalue weighted by atomic mass is 9.94. The summed E-state index contributed by atoms with van der Waals surface area (Å²) in [5.41, 5.74) is 1.02. The molecule has 0 unspecified atom stereocenters. The molecule has 0 bridgehead atoms. The number of ether oxygens (including phenoxy) is 1. The van der Waals surface area contributed by atoms with Crippen molar-refractivity contribution in [1.29, 1.82) is 0 Å². The van der Waals surface area contributed by atoms with Crippen LogP contribution in [0.5, 0.6) is 0 Å². The van der Waals surface area contributed by atoms with Gasteiger partial charge in [0.1, 0.15) is 0 Å². The maximum absolute atomic E-state index is 12.5. The van der Waals surface area contributed by atoms with E-state index in [1.807, 2.05) is 6.92 Å². The number of hydrogen-bond donors (Lipinski definition) is 2. The predicted molar refractivity (Wildman–Crippen MR) is 112 cm³/mol. The van der Waals surface area contributed by atoms with Crippen LogP contribution in [-0.4, -0.2) is 64.7 Å². The molecular formula is C21H33N3O4S. The fourth-order valence-electron chi connectivity index (χ4n) is 4.05. The lowest BCUT2D eigenvalue weighted by Gasteiger charge is -2.39. The molecule has 1 atom stereocenters. The minimum Gasteiger partial charge on any atom is -0.381 e. The largest absolute Gasteiger partial charge is 0.381 e. The van der Waals surface area contributed by atoms with Crippen LogP contribution >= 0.6 is 0 Å². The van der Waals surface area contributed by atoms with Crippen LogP contribution in [-0.2, 0) is 19.6 Å². The highest BCUT2D eigenvalue weighted by Crippen LogP contribution is 2.23. The smallest absolute Gasteiger partial charge is 0.240 e. The third kappa shape index (κ3) is 6.50. The molecule has 2 aliphatic rings. The Labute approximate surface area is 174 Å². The van der Waals surface area contributed by atoms with Crippen LogP contribution in [0.1, 0.15) is 37.7 Å². The molecule has 1 aromatic rings. The van der Waals surface area contributed by atoms with Gasteiger partial charge >= 0.3 is 0 Å². The molecule has 0 aromatic heterocycles. The van der Waals surface area contributed by atoms with E-state index in [1.165, 1.54) is 0 Å². The van der Waals surface area contributed by atoms with Gasteiger partial charge in [0, 0.05) is 38.9 Å². The highest BCUT2D eigenvalue weighted by molar-refractivity contribution is 7.89. The van der Waals surface area contributed by atoms with Gasteiger partial charge in [0.05, 0.1) is 10.8 Å². The number of aryl methyl sites for hydroxylation is 1. The lowest BCUT2D eigenvalue weighted by molar-refractivity contribution is -0.127. The number of sulfonamides is 1. The number of piperidine rings is 1. The Kier molecular flexibility index (Phi) is 8.06. The minimum absolute atomic E-state index is 0.0239. The second-order valence-corrected chi connectivity index (χ2v) is 9.80. The van der Waals surface area contributed by atoms with Crippen LogP contribution in [0.3, 0.4) is 0 Å². The van der Waals surface area contributed by atoms with Crippen molar-refractivity contribution in [1.82, 2.24) is 14.9 Å². The summed E-state index contributed by atoms with van der Waals surface area (Å²) in [5, 5.41) is 2.98. The van der Waals surface area contributed by atoms with E-state index in [0.29, 0.717) is 25.6 Å². The summed E-state index contributed by atoms with van der Waals surface area (Å²) in [5.74, 6) is 0.110. The zero-order valence-electron chi connectivity index (χ0n) is 17.2. The van der Waals surface area contributed by atoms with Gasteiger partial charge in [-0.25, -0.2) is 13.1 Å². The molecule has 8 heteroatoms. The number of nitrogens with zero attached hydrogens (tertiary/aromatic N) is 1. The first-order chi connectivity index (χ1) is 14.0. The first kappa shape index (κ1) is 22.2. The van der Waals surface area contributed by atoms with Crippen molar-refractivity contribution in [3.8, 4) is 0 Å². The molecule has 0 spiro atoms. The van der Waals surface area contributed by atoms with Gasteiger partial charge < -0.3 is 10.1 Å². The molecule has 1 aromatic carbocycles. The summed E-state index contributed by atoms with van der Waals surface area (Å²) in [6.45, 7) is 6.21. The zero-order chi connectivity index (χ0) is 20.7. The predicted octanol–water partition coefficient (Wildman–Crippen LogP) is 1.67. The third-order valence-electron chi connectivity index (χ3n) is 5.81. The second kappa shape index (κ2) is 10.5. The Bertz CT molecular complexity index is 761. The molecule has 2 fully saturated rings. The van der Waals surface area contributed by atoms with E-state index < -0.39 is 10.0 Å². The summed E-state index contributed by atoms with van der Waals surface area (Å²) < 4.78 is 32.6. The van der Waals surface area contributed by atoms with Crippen LogP contribution in [0, 0.1) is 12.8 Å². The van der Waals surface area contributed by atoms with Crippen LogP contribution in [0.15, 0.2) is 29.2 Å². The van der Waals surface area contributed by atoms with Gasteiger partial charge in [0.25, 0.3) is 0 Å². The molecule has 162 valence electrons. The van der Waals surface area contributed by atoms with Crippen molar-refractivity contribution >= 4 is 15.9 Å². The molecule has 0 saturated carbocycles. The van der Waals surface area contributed by atoms with Gasteiger partial charge in [-0.05, 0) is 57.7 Å². The molecule has 2 aliphatic heterocycles. The molecule has 2 saturated heterocycles. The maximum Gasteiger partial charge on any atom is 0.240 e. The summed E-state index contributed by atoms with van der Waals surface area (Å²) in [4.78, 5) is 15.3. The van der Waals surface area contributed by atoms with Crippen molar-refractivity contribution in [3.05, 3.63) is 29.8 Å². The number of benzene rings is 1. The van der Waals surface area contributed by atoms with Crippen LogP contribution in [0.2, 0.25) is 0 Å². The number of carbonyl (C=O) groups excluding carboxylic acids is 1. The summed E-state index contributed by atoms with van der Waals surface area (Å²) >= 11 is 0. The van der Waals surface area contributed by atoms with Crippen LogP contribution in [0.25, 0.3) is 0 Å². The Morgan fingerprint density at radius 2 is 1.86 bits per heavy atom. The van der Waals surface area contributed by atoms with E-state index in [9.17, 15) is 13.2 Å². The molecule has 3 rings (SSSR count). The van der Waals surface area contributed by atoms with Gasteiger partial charge in [-0.15, -0.1) is 0 Å². The summed E-state index contributed by atoms with van der Waals surface area (Å²) in [6, 6.07) is 7.31. The molecule has 2 heterocycles. The van der Waals surface area contributed by atoms with Gasteiger partial charge in [-0.3, -0.25) is 9.69 Å². The van der Waals surface area contributed by atoms with Crippen LogP contribution < -0.4 is 10.0 Å². The topological polar surface area (TPSA) is 87.7 Å². The van der Waals surface area contributed by atoms with E-state index in [2.05, 4.69) is 14.9 Å². The Balaban J connectivity index is 1.36. The molecule has 0 radical (unpaired) electrons. The molecule has 29 heavy (non-hydrogen) atoms. The van der Waals surface area contributed by atoms with Crippen molar-refractivity contribution in [3.63, 3.8) is 0 Å². The summed E-state index contributed by atoms with van der Waals surface area (Å²) in [7, 11) is -3.50. The van der Waals surface area contributed by atoms with E-state index in [4.69, 9.17) is 4.74 Å². The molecule has 0 aliphatic carbocycles. The van der Waals surface area contributed by atoms with Crippen molar-refractivity contribution in [2.75, 3.05) is 39.4 Å². The molecule has 2 N–H and O–H groups in total. The number of nitrogens with one attached hydrogen (secondary N) is 2. The SMILES string of the molecule is Cc1ccc(S(=O)(=O)NCCCNC(=O)[C@H]2CCCN(C3CCOCC3)C2)cc1. The number of carbonyl (C=O) groups is 1. The second-order valence-electron chi connectivity index (χ2n) is 8.03. The average Bonchev–Trinajstić information content (AvgIpc) is 2.74. The maximum atomic E-state index is 12.5. The Morgan fingerprint density at radius 3 is 2.59 bits per heavy atom. The number of rotatable bonds is 8. The average molecular weight is 424 g/mol. The van der Waals surface area contributed by atoms with E-state index >= 15 is 0 Å².